The molecular weight excluding hydrogens is 266 g/mol. The molecule has 1 saturated carbocycles. The average molecular weight is 295 g/mol. The number of aryl methyl sites for hydroxylation is 1. The van der Waals surface area contributed by atoms with E-state index < -0.39 is 0 Å². The highest BCUT2D eigenvalue weighted by molar-refractivity contribution is 7.99. The van der Waals surface area contributed by atoms with E-state index in [0.29, 0.717) is 6.04 Å². The number of hydrogen-bond donors (Lipinski definition) is 1. The highest BCUT2D eigenvalue weighted by Crippen LogP contribution is 2.28. The first-order valence-electron chi connectivity index (χ1n) is 7.69. The minimum absolute atomic E-state index is 0.118. The van der Waals surface area contributed by atoms with Crippen LogP contribution in [-0.2, 0) is 19.0 Å². The summed E-state index contributed by atoms with van der Waals surface area (Å²) in [5.74, 6) is 0. The Morgan fingerprint density at radius 3 is 2.80 bits per heavy atom. The molecule has 2 atom stereocenters. The summed E-state index contributed by atoms with van der Waals surface area (Å²) in [5.41, 5.74) is 2.70. The summed E-state index contributed by atoms with van der Waals surface area (Å²) in [5, 5.41) is 9.26. The Morgan fingerprint density at radius 1 is 1.40 bits per heavy atom. The fourth-order valence-corrected chi connectivity index (χ4v) is 3.92. The minimum atomic E-state index is 0.118. The molecule has 2 unspecified atom stereocenters. The molecule has 1 aromatic rings. The van der Waals surface area contributed by atoms with Crippen molar-refractivity contribution in [2.45, 2.75) is 69.7 Å². The molecule has 0 aliphatic heterocycles. The normalized spacial score (nSPS) is 24.1. The van der Waals surface area contributed by atoms with Gasteiger partial charge in [-0.25, -0.2) is 0 Å². The van der Waals surface area contributed by atoms with Gasteiger partial charge in [0.05, 0.1) is 5.69 Å². The molecule has 3 nitrogen and oxygen atoms in total. The van der Waals surface area contributed by atoms with Gasteiger partial charge < -0.3 is 5.32 Å². The second-order valence-electron chi connectivity index (χ2n) is 7.03. The zero-order valence-corrected chi connectivity index (χ0v) is 14.4. The zero-order chi connectivity index (χ0) is 14.8. The van der Waals surface area contributed by atoms with Gasteiger partial charge in [-0.15, -0.1) is 0 Å². The molecule has 0 spiro atoms. The van der Waals surface area contributed by atoms with Gasteiger partial charge in [0.25, 0.3) is 0 Å². The van der Waals surface area contributed by atoms with Gasteiger partial charge in [0.1, 0.15) is 0 Å². The van der Waals surface area contributed by atoms with Crippen LogP contribution in [0.1, 0.15) is 57.7 Å². The van der Waals surface area contributed by atoms with Crippen LogP contribution in [0.3, 0.4) is 0 Å². The number of aromatic nitrogens is 2. The first kappa shape index (κ1) is 15.9. The molecule has 0 aromatic carbocycles. The maximum absolute atomic E-state index is 4.65. The number of nitrogens with one attached hydrogen (secondary N) is 1. The number of nitrogens with zero attached hydrogens (tertiary/aromatic N) is 2. The molecule has 1 N–H and O–H groups in total. The Balaban J connectivity index is 1.97. The lowest BCUT2D eigenvalue weighted by Crippen LogP contribution is -2.35. The predicted molar refractivity (Wildman–Crippen MR) is 88.3 cm³/mol. The molecule has 1 aromatic heterocycles. The summed E-state index contributed by atoms with van der Waals surface area (Å²) in [6, 6.07) is 0.675. The third-order valence-corrected chi connectivity index (χ3v) is 5.25. The van der Waals surface area contributed by atoms with Crippen molar-refractivity contribution in [3.63, 3.8) is 0 Å². The quantitative estimate of drug-likeness (QED) is 0.922. The van der Waals surface area contributed by atoms with E-state index in [-0.39, 0.29) is 5.41 Å². The first-order chi connectivity index (χ1) is 9.40. The van der Waals surface area contributed by atoms with Gasteiger partial charge in [-0.05, 0) is 25.5 Å². The summed E-state index contributed by atoms with van der Waals surface area (Å²) in [4.78, 5) is 0. The lowest BCUT2D eigenvalue weighted by Gasteiger charge is -2.29. The van der Waals surface area contributed by atoms with Crippen LogP contribution < -0.4 is 5.32 Å². The molecule has 1 aliphatic rings. The highest BCUT2D eigenvalue weighted by Gasteiger charge is 2.24. The largest absolute Gasteiger partial charge is 0.310 e. The van der Waals surface area contributed by atoms with Crippen LogP contribution >= 0.6 is 11.8 Å². The van der Waals surface area contributed by atoms with Gasteiger partial charge in [-0.3, -0.25) is 4.68 Å². The summed E-state index contributed by atoms with van der Waals surface area (Å²) in [7, 11) is 2.02. The van der Waals surface area contributed by atoms with Crippen LogP contribution in [0.4, 0.5) is 0 Å². The molecule has 2 rings (SSSR count). The third-order valence-electron chi connectivity index (χ3n) is 4.16. The van der Waals surface area contributed by atoms with Crippen LogP contribution in [-0.4, -0.2) is 27.3 Å². The number of thioether (sulfide) groups is 1. The average Bonchev–Trinajstić information content (AvgIpc) is 2.78. The van der Waals surface area contributed by atoms with E-state index in [9.17, 15) is 0 Å². The fraction of sp³-hybridized carbons (Fsp3) is 0.812. The maximum Gasteiger partial charge on any atom is 0.0722 e. The van der Waals surface area contributed by atoms with Crippen LogP contribution in [0, 0.1) is 0 Å². The first-order valence-corrected chi connectivity index (χ1v) is 8.98. The molecule has 0 amide bonds. The van der Waals surface area contributed by atoms with E-state index in [4.69, 9.17) is 0 Å². The van der Waals surface area contributed by atoms with Crippen LogP contribution in [0.5, 0.6) is 0 Å². The van der Waals surface area contributed by atoms with Gasteiger partial charge >= 0.3 is 0 Å². The van der Waals surface area contributed by atoms with Crippen molar-refractivity contribution in [2.24, 2.45) is 7.05 Å². The molecule has 114 valence electrons. The fourth-order valence-electron chi connectivity index (χ4n) is 3.10. The van der Waals surface area contributed by atoms with E-state index in [1.54, 1.807) is 0 Å². The molecule has 0 saturated heterocycles. The lowest BCUT2D eigenvalue weighted by atomic mass is 9.89. The van der Waals surface area contributed by atoms with Crippen molar-refractivity contribution in [3.8, 4) is 0 Å². The van der Waals surface area contributed by atoms with Crippen molar-refractivity contribution in [2.75, 3.05) is 6.26 Å². The van der Waals surface area contributed by atoms with E-state index in [0.717, 1.165) is 11.8 Å². The van der Waals surface area contributed by atoms with Crippen LogP contribution in [0.25, 0.3) is 0 Å². The molecule has 1 heterocycles. The molecular formula is C16H29N3S. The second kappa shape index (κ2) is 6.52. The molecule has 0 radical (unpaired) electrons. The highest BCUT2D eigenvalue weighted by atomic mass is 32.2. The van der Waals surface area contributed by atoms with Crippen molar-refractivity contribution in [1.82, 2.24) is 15.1 Å². The second-order valence-corrected chi connectivity index (χ2v) is 8.17. The van der Waals surface area contributed by atoms with Gasteiger partial charge in [-0.1, -0.05) is 27.2 Å². The molecule has 1 aliphatic carbocycles. The molecule has 20 heavy (non-hydrogen) atoms. The van der Waals surface area contributed by atoms with Crippen molar-refractivity contribution < 1.29 is 0 Å². The van der Waals surface area contributed by atoms with Crippen LogP contribution in [0.15, 0.2) is 6.20 Å². The summed E-state index contributed by atoms with van der Waals surface area (Å²) in [6.45, 7) is 7.67. The van der Waals surface area contributed by atoms with E-state index in [1.165, 1.54) is 36.9 Å². The van der Waals surface area contributed by atoms with Crippen molar-refractivity contribution in [1.29, 1.82) is 0 Å². The van der Waals surface area contributed by atoms with Gasteiger partial charge in [-0.2, -0.15) is 16.9 Å². The van der Waals surface area contributed by atoms with E-state index in [2.05, 4.69) is 43.6 Å². The monoisotopic (exact) mass is 295 g/mol. The minimum Gasteiger partial charge on any atom is -0.310 e. The Kier molecular flexibility index (Phi) is 5.19. The number of hydrogen-bond acceptors (Lipinski definition) is 3. The zero-order valence-electron chi connectivity index (χ0n) is 13.6. The third kappa shape index (κ3) is 4.01. The topological polar surface area (TPSA) is 29.9 Å². The summed E-state index contributed by atoms with van der Waals surface area (Å²) >= 11 is 2.03. The number of rotatable bonds is 4. The SMILES string of the molecule is CSC1CCCC(NCc2cn(C)nc2C(C)(C)C)C1. The predicted octanol–water partition coefficient (Wildman–Crippen LogP) is 3.48. The van der Waals surface area contributed by atoms with Crippen molar-refractivity contribution in [3.05, 3.63) is 17.5 Å². The van der Waals surface area contributed by atoms with Crippen molar-refractivity contribution >= 4 is 11.8 Å². The van der Waals surface area contributed by atoms with E-state index in [1.807, 2.05) is 23.5 Å². The maximum atomic E-state index is 4.65. The van der Waals surface area contributed by atoms with E-state index >= 15 is 0 Å². The van der Waals surface area contributed by atoms with Gasteiger partial charge in [0.2, 0.25) is 0 Å². The Morgan fingerprint density at radius 2 is 2.15 bits per heavy atom. The standard InChI is InChI=1S/C16H29N3S/c1-16(2,3)15-12(11-19(4)18-15)10-17-13-7-6-8-14(9-13)20-5/h11,13-14,17H,6-10H2,1-5H3. The lowest BCUT2D eigenvalue weighted by molar-refractivity contribution is 0.378. The molecule has 1 fully saturated rings. The Hall–Kier alpha value is -0.480. The Labute approximate surface area is 127 Å². The molecule has 4 heteroatoms. The van der Waals surface area contributed by atoms with Crippen LogP contribution in [0.2, 0.25) is 0 Å². The van der Waals surface area contributed by atoms with Gasteiger partial charge in [0.15, 0.2) is 0 Å². The smallest absolute Gasteiger partial charge is 0.0722 e. The summed E-state index contributed by atoms with van der Waals surface area (Å²) < 4.78 is 1.95. The van der Waals surface area contributed by atoms with Gasteiger partial charge in [0, 0.05) is 42.1 Å². The molecule has 0 bridgehead atoms. The Bertz CT molecular complexity index is 433. The summed E-state index contributed by atoms with van der Waals surface area (Å²) in [6.07, 6.45) is 9.80.